The monoisotopic (exact) mass is 246 g/mol. The molecule has 0 aromatic heterocycles. The van der Waals surface area contributed by atoms with E-state index in [4.69, 9.17) is 0 Å². The Bertz CT molecular complexity index is 434. The summed E-state index contributed by atoms with van der Waals surface area (Å²) >= 11 is 0. The van der Waals surface area contributed by atoms with Gasteiger partial charge in [0.15, 0.2) is 0 Å². The molecule has 2 rings (SSSR count). The quantitative estimate of drug-likeness (QED) is 0.861. The average molecular weight is 246 g/mol. The molecule has 1 aromatic rings. The van der Waals surface area contributed by atoms with Crippen molar-refractivity contribution in [2.45, 2.75) is 32.6 Å². The van der Waals surface area contributed by atoms with Crippen LogP contribution in [0.15, 0.2) is 24.3 Å². The maximum absolute atomic E-state index is 11.9. The lowest BCUT2D eigenvalue weighted by atomic mass is 10.1. The highest BCUT2D eigenvalue weighted by atomic mass is 16.2. The van der Waals surface area contributed by atoms with Crippen LogP contribution >= 0.6 is 0 Å². The minimum Gasteiger partial charge on any atom is -0.326 e. The number of hydrogen-bond acceptors (Lipinski definition) is 2. The van der Waals surface area contributed by atoms with Gasteiger partial charge in [0, 0.05) is 24.2 Å². The third kappa shape index (κ3) is 3.32. The number of hydrogen-bond donors (Lipinski definition) is 2. The molecule has 0 saturated heterocycles. The number of benzene rings is 1. The molecule has 1 fully saturated rings. The summed E-state index contributed by atoms with van der Waals surface area (Å²) in [5.41, 5.74) is 1.52. The van der Waals surface area contributed by atoms with Crippen LogP contribution in [0.25, 0.3) is 0 Å². The van der Waals surface area contributed by atoms with Crippen molar-refractivity contribution in [3.05, 3.63) is 24.3 Å². The van der Waals surface area contributed by atoms with Gasteiger partial charge >= 0.3 is 0 Å². The highest BCUT2D eigenvalue weighted by Gasteiger charge is 2.22. The lowest BCUT2D eigenvalue weighted by molar-refractivity contribution is -0.119. The van der Waals surface area contributed by atoms with E-state index in [0.29, 0.717) is 0 Å². The van der Waals surface area contributed by atoms with Crippen LogP contribution in [-0.4, -0.2) is 11.8 Å². The van der Waals surface area contributed by atoms with Crippen molar-refractivity contribution in [2.75, 3.05) is 10.6 Å². The van der Waals surface area contributed by atoms with Crippen LogP contribution in [0.5, 0.6) is 0 Å². The van der Waals surface area contributed by atoms with E-state index in [1.807, 2.05) is 0 Å². The van der Waals surface area contributed by atoms with E-state index >= 15 is 0 Å². The first kappa shape index (κ1) is 12.6. The van der Waals surface area contributed by atoms with Gasteiger partial charge in [0.2, 0.25) is 11.8 Å². The maximum Gasteiger partial charge on any atom is 0.227 e. The topological polar surface area (TPSA) is 58.2 Å². The van der Waals surface area contributed by atoms with Gasteiger partial charge in [-0.1, -0.05) is 12.8 Å². The van der Waals surface area contributed by atoms with E-state index in [1.165, 1.54) is 6.92 Å². The summed E-state index contributed by atoms with van der Waals surface area (Å²) < 4.78 is 0. The Hall–Kier alpha value is -1.84. The van der Waals surface area contributed by atoms with Gasteiger partial charge in [-0.3, -0.25) is 9.59 Å². The molecular weight excluding hydrogens is 228 g/mol. The predicted octanol–water partition coefficient (Wildman–Crippen LogP) is 2.77. The number of carbonyl (C=O) groups is 2. The summed E-state index contributed by atoms with van der Waals surface area (Å²) in [5.74, 6) is 0.178. The molecule has 4 heteroatoms. The van der Waals surface area contributed by atoms with Gasteiger partial charge < -0.3 is 10.6 Å². The Labute approximate surface area is 107 Å². The fourth-order valence-corrected chi connectivity index (χ4v) is 2.27. The van der Waals surface area contributed by atoms with Crippen molar-refractivity contribution in [3.8, 4) is 0 Å². The fraction of sp³-hybridized carbons (Fsp3) is 0.429. The number of rotatable bonds is 3. The molecule has 96 valence electrons. The van der Waals surface area contributed by atoms with Crippen molar-refractivity contribution in [1.29, 1.82) is 0 Å². The minimum atomic E-state index is -0.0993. The first-order valence-corrected chi connectivity index (χ1v) is 6.33. The van der Waals surface area contributed by atoms with Crippen molar-refractivity contribution < 1.29 is 9.59 Å². The molecule has 0 atom stereocenters. The second-order valence-electron chi connectivity index (χ2n) is 4.73. The fourth-order valence-electron chi connectivity index (χ4n) is 2.27. The summed E-state index contributed by atoms with van der Waals surface area (Å²) in [6, 6.07) is 7.17. The summed E-state index contributed by atoms with van der Waals surface area (Å²) in [7, 11) is 0. The van der Waals surface area contributed by atoms with E-state index < -0.39 is 0 Å². The molecule has 1 saturated carbocycles. The van der Waals surface area contributed by atoms with Crippen molar-refractivity contribution in [2.24, 2.45) is 5.92 Å². The van der Waals surface area contributed by atoms with Gasteiger partial charge in [-0.05, 0) is 37.1 Å². The molecule has 1 aliphatic carbocycles. The van der Waals surface area contributed by atoms with Gasteiger partial charge in [-0.25, -0.2) is 0 Å². The Morgan fingerprint density at radius 2 is 1.50 bits per heavy atom. The Morgan fingerprint density at radius 3 is 2.00 bits per heavy atom. The number of anilines is 2. The van der Waals surface area contributed by atoms with E-state index in [0.717, 1.165) is 37.1 Å². The highest BCUT2D eigenvalue weighted by molar-refractivity contribution is 5.93. The number of nitrogens with one attached hydrogen (secondary N) is 2. The molecule has 0 bridgehead atoms. The second kappa shape index (κ2) is 5.67. The van der Waals surface area contributed by atoms with Gasteiger partial charge in [-0.15, -0.1) is 0 Å². The highest BCUT2D eigenvalue weighted by Crippen LogP contribution is 2.26. The smallest absolute Gasteiger partial charge is 0.227 e. The molecule has 4 nitrogen and oxygen atoms in total. The van der Waals surface area contributed by atoms with Crippen LogP contribution < -0.4 is 10.6 Å². The lowest BCUT2D eigenvalue weighted by Crippen LogP contribution is -2.20. The van der Waals surface area contributed by atoms with Crippen LogP contribution in [0.4, 0.5) is 11.4 Å². The van der Waals surface area contributed by atoms with Gasteiger partial charge in [0.1, 0.15) is 0 Å². The van der Waals surface area contributed by atoms with E-state index in [2.05, 4.69) is 10.6 Å². The summed E-state index contributed by atoms with van der Waals surface area (Å²) in [4.78, 5) is 22.8. The van der Waals surface area contributed by atoms with Crippen LogP contribution in [0.1, 0.15) is 32.6 Å². The third-order valence-electron chi connectivity index (χ3n) is 3.20. The lowest BCUT2D eigenvalue weighted by Gasteiger charge is -2.10. The van der Waals surface area contributed by atoms with Gasteiger partial charge in [-0.2, -0.15) is 0 Å². The minimum absolute atomic E-state index is 0.0993. The Kier molecular flexibility index (Phi) is 3.97. The Morgan fingerprint density at radius 1 is 1.00 bits per heavy atom. The molecule has 2 N–H and O–H groups in total. The van der Waals surface area contributed by atoms with Crippen molar-refractivity contribution in [3.63, 3.8) is 0 Å². The number of carbonyl (C=O) groups excluding carboxylic acids is 2. The summed E-state index contributed by atoms with van der Waals surface area (Å²) in [6.45, 7) is 1.47. The Balaban J connectivity index is 1.93. The molecule has 2 amide bonds. The molecule has 0 unspecified atom stereocenters. The van der Waals surface area contributed by atoms with Crippen molar-refractivity contribution in [1.82, 2.24) is 0 Å². The second-order valence-corrected chi connectivity index (χ2v) is 4.73. The SMILES string of the molecule is CC(=O)Nc1ccc(NC(=O)C2CCCC2)cc1. The zero-order chi connectivity index (χ0) is 13.0. The first-order valence-electron chi connectivity index (χ1n) is 6.33. The van der Waals surface area contributed by atoms with E-state index in [-0.39, 0.29) is 17.7 Å². The zero-order valence-electron chi connectivity index (χ0n) is 10.5. The number of amides is 2. The standard InChI is InChI=1S/C14H18N2O2/c1-10(17)15-12-6-8-13(9-7-12)16-14(18)11-4-2-3-5-11/h6-9,11H,2-5H2,1H3,(H,15,17)(H,16,18). The third-order valence-corrected chi connectivity index (χ3v) is 3.20. The first-order chi connectivity index (χ1) is 8.65. The largest absolute Gasteiger partial charge is 0.326 e. The maximum atomic E-state index is 11.9. The summed E-state index contributed by atoms with van der Waals surface area (Å²) in [5, 5.41) is 5.60. The molecule has 0 aliphatic heterocycles. The summed E-state index contributed by atoms with van der Waals surface area (Å²) in [6.07, 6.45) is 4.30. The molecule has 0 spiro atoms. The predicted molar refractivity (Wildman–Crippen MR) is 71.3 cm³/mol. The molecule has 0 heterocycles. The van der Waals surface area contributed by atoms with Crippen LogP contribution in [-0.2, 0) is 9.59 Å². The van der Waals surface area contributed by atoms with Gasteiger partial charge in [0.25, 0.3) is 0 Å². The zero-order valence-corrected chi connectivity index (χ0v) is 10.5. The molecule has 0 radical (unpaired) electrons. The molecule has 1 aromatic carbocycles. The average Bonchev–Trinajstić information content (AvgIpc) is 2.84. The van der Waals surface area contributed by atoms with Crippen LogP contribution in [0, 0.1) is 5.92 Å². The van der Waals surface area contributed by atoms with Gasteiger partial charge in [0.05, 0.1) is 0 Å². The van der Waals surface area contributed by atoms with E-state index in [9.17, 15) is 9.59 Å². The molecule has 18 heavy (non-hydrogen) atoms. The normalized spacial score (nSPS) is 15.4. The van der Waals surface area contributed by atoms with E-state index in [1.54, 1.807) is 24.3 Å². The molecule has 1 aliphatic rings. The van der Waals surface area contributed by atoms with Crippen molar-refractivity contribution >= 4 is 23.2 Å². The van der Waals surface area contributed by atoms with Crippen LogP contribution in [0.3, 0.4) is 0 Å². The molecular formula is C14H18N2O2. The van der Waals surface area contributed by atoms with Crippen LogP contribution in [0.2, 0.25) is 0 Å².